The Hall–Kier alpha value is -2.65. The first-order chi connectivity index (χ1) is 12.2. The van der Waals surface area contributed by atoms with E-state index in [1.807, 2.05) is 4.90 Å². The number of nitrogens with zero attached hydrogens (tertiary/aromatic N) is 5. The van der Waals surface area contributed by atoms with Crippen LogP contribution in [-0.4, -0.2) is 49.7 Å². The maximum atomic E-state index is 9.56. The number of aromatic amines is 1. The number of benzene rings is 1. The van der Waals surface area contributed by atoms with Crippen LogP contribution >= 0.6 is 11.6 Å². The molecule has 130 valence electrons. The molecular weight excluding hydrogens is 344 g/mol. The van der Waals surface area contributed by atoms with Gasteiger partial charge in [0.1, 0.15) is 0 Å². The Labute approximate surface area is 148 Å². The van der Waals surface area contributed by atoms with Gasteiger partial charge in [0.15, 0.2) is 11.3 Å². The van der Waals surface area contributed by atoms with E-state index < -0.39 is 0 Å². The summed E-state index contributed by atoms with van der Waals surface area (Å²) < 4.78 is 0. The zero-order chi connectivity index (χ0) is 17.4. The molecule has 3 heterocycles. The van der Waals surface area contributed by atoms with Crippen LogP contribution < -0.4 is 16.0 Å². The van der Waals surface area contributed by atoms with E-state index in [1.165, 1.54) is 0 Å². The lowest BCUT2D eigenvalue weighted by atomic mass is 10.2. The molecule has 25 heavy (non-hydrogen) atoms. The monoisotopic (exact) mass is 360 g/mol. The van der Waals surface area contributed by atoms with Crippen molar-refractivity contribution in [1.82, 2.24) is 25.4 Å². The minimum absolute atomic E-state index is 0.0168. The predicted molar refractivity (Wildman–Crippen MR) is 96.1 cm³/mol. The average Bonchev–Trinajstić information content (AvgIpc) is 3.26. The molecule has 9 nitrogen and oxygen atoms in total. The molecule has 0 aliphatic carbocycles. The molecule has 1 aliphatic rings. The highest BCUT2D eigenvalue weighted by atomic mass is 35.5. The lowest BCUT2D eigenvalue weighted by Crippen LogP contribution is -2.33. The van der Waals surface area contributed by atoms with E-state index in [4.69, 9.17) is 17.3 Å². The van der Waals surface area contributed by atoms with Crippen LogP contribution in [0.4, 0.5) is 23.1 Å². The van der Waals surface area contributed by atoms with Crippen LogP contribution in [0.2, 0.25) is 5.02 Å². The summed E-state index contributed by atoms with van der Waals surface area (Å²) in [4.78, 5) is 11.1. The number of anilines is 4. The standard InChI is InChI=1S/C15H17ClN8O/c16-10-6-8(3-4-11(10)17)18-13-12-14(22-23-21-12)20-15(19-13)24-5-1-2-9(24)7-25/h3-4,6,9,25H,1-2,5,7,17H2,(H2,18,19,20,21,22,23). The SMILES string of the molecule is Nc1ccc(Nc2nc(N3CCCC3CO)nc3n[nH]nc23)cc1Cl. The first kappa shape index (κ1) is 15.9. The van der Waals surface area contributed by atoms with Gasteiger partial charge in [0.05, 0.1) is 23.4 Å². The first-order valence-electron chi connectivity index (χ1n) is 7.94. The van der Waals surface area contributed by atoms with Gasteiger partial charge >= 0.3 is 0 Å². The molecule has 0 bridgehead atoms. The maximum absolute atomic E-state index is 9.56. The molecule has 4 rings (SSSR count). The lowest BCUT2D eigenvalue weighted by Gasteiger charge is -2.23. The van der Waals surface area contributed by atoms with Crippen molar-refractivity contribution >= 4 is 45.9 Å². The summed E-state index contributed by atoms with van der Waals surface area (Å²) in [6.45, 7) is 0.859. The number of aliphatic hydroxyl groups is 1. The summed E-state index contributed by atoms with van der Waals surface area (Å²) in [5.41, 5.74) is 7.97. The molecule has 0 saturated carbocycles. The third-order valence-electron chi connectivity index (χ3n) is 4.28. The fourth-order valence-electron chi connectivity index (χ4n) is 2.98. The molecule has 1 fully saturated rings. The normalized spacial score (nSPS) is 17.4. The van der Waals surface area contributed by atoms with Gasteiger partial charge in [-0.05, 0) is 31.0 Å². The fourth-order valence-corrected chi connectivity index (χ4v) is 3.16. The van der Waals surface area contributed by atoms with Gasteiger partial charge in [0.2, 0.25) is 11.6 Å². The Bertz CT molecular complexity index is 914. The number of hydrogen-bond donors (Lipinski definition) is 4. The number of nitrogen functional groups attached to an aromatic ring is 1. The number of aromatic nitrogens is 5. The summed E-state index contributed by atoms with van der Waals surface area (Å²) in [6.07, 6.45) is 1.90. The molecule has 1 unspecified atom stereocenters. The van der Waals surface area contributed by atoms with E-state index in [1.54, 1.807) is 18.2 Å². The van der Waals surface area contributed by atoms with Crippen LogP contribution in [0.1, 0.15) is 12.8 Å². The number of H-pyrrole nitrogens is 1. The number of rotatable bonds is 4. The molecule has 2 aromatic heterocycles. The van der Waals surface area contributed by atoms with E-state index in [0.717, 1.165) is 25.1 Å². The summed E-state index contributed by atoms with van der Waals surface area (Å²) >= 11 is 6.08. The van der Waals surface area contributed by atoms with E-state index in [-0.39, 0.29) is 12.6 Å². The van der Waals surface area contributed by atoms with Crippen LogP contribution in [0.25, 0.3) is 11.2 Å². The Kier molecular flexibility index (Phi) is 4.02. The van der Waals surface area contributed by atoms with Gasteiger partial charge in [-0.25, -0.2) is 0 Å². The van der Waals surface area contributed by atoms with E-state index in [2.05, 4.69) is 30.7 Å². The number of nitrogens with two attached hydrogens (primary N) is 1. The highest BCUT2D eigenvalue weighted by Gasteiger charge is 2.27. The minimum Gasteiger partial charge on any atom is -0.398 e. The summed E-state index contributed by atoms with van der Waals surface area (Å²) in [5, 5.41) is 24.0. The zero-order valence-corrected chi connectivity index (χ0v) is 14.0. The predicted octanol–water partition coefficient (Wildman–Crippen LogP) is 1.69. The second-order valence-electron chi connectivity index (χ2n) is 5.90. The van der Waals surface area contributed by atoms with Crippen molar-refractivity contribution in [2.24, 2.45) is 0 Å². The Balaban J connectivity index is 1.74. The van der Waals surface area contributed by atoms with E-state index in [0.29, 0.717) is 33.6 Å². The van der Waals surface area contributed by atoms with Gasteiger partial charge < -0.3 is 21.1 Å². The summed E-state index contributed by atoms with van der Waals surface area (Å²) in [7, 11) is 0. The maximum Gasteiger partial charge on any atom is 0.229 e. The molecule has 0 spiro atoms. The third-order valence-corrected chi connectivity index (χ3v) is 4.61. The molecule has 0 amide bonds. The molecule has 1 aromatic carbocycles. The number of hydrogen-bond acceptors (Lipinski definition) is 8. The Morgan fingerprint density at radius 2 is 2.24 bits per heavy atom. The van der Waals surface area contributed by atoms with Crippen molar-refractivity contribution in [1.29, 1.82) is 0 Å². The van der Waals surface area contributed by atoms with Gasteiger partial charge in [-0.1, -0.05) is 11.6 Å². The molecule has 5 N–H and O–H groups in total. The van der Waals surface area contributed by atoms with Crippen molar-refractivity contribution in [3.63, 3.8) is 0 Å². The molecular formula is C15H17ClN8O. The quantitative estimate of drug-likeness (QED) is 0.517. The lowest BCUT2D eigenvalue weighted by molar-refractivity contribution is 0.265. The number of nitrogens with one attached hydrogen (secondary N) is 2. The van der Waals surface area contributed by atoms with Gasteiger partial charge in [-0.2, -0.15) is 20.3 Å². The molecule has 0 radical (unpaired) electrons. The van der Waals surface area contributed by atoms with Gasteiger partial charge in [0.25, 0.3) is 0 Å². The first-order valence-corrected chi connectivity index (χ1v) is 8.31. The van der Waals surface area contributed by atoms with Crippen molar-refractivity contribution in [2.75, 3.05) is 29.1 Å². The molecule has 10 heteroatoms. The highest BCUT2D eigenvalue weighted by Crippen LogP contribution is 2.29. The average molecular weight is 361 g/mol. The van der Waals surface area contributed by atoms with Gasteiger partial charge in [-0.3, -0.25) is 0 Å². The van der Waals surface area contributed by atoms with Crippen LogP contribution in [0, 0.1) is 0 Å². The molecule has 1 aliphatic heterocycles. The van der Waals surface area contributed by atoms with E-state index >= 15 is 0 Å². The summed E-state index contributed by atoms with van der Waals surface area (Å²) in [6, 6.07) is 5.26. The molecule has 1 saturated heterocycles. The van der Waals surface area contributed by atoms with Gasteiger partial charge in [0, 0.05) is 12.2 Å². The number of halogens is 1. The van der Waals surface area contributed by atoms with Crippen molar-refractivity contribution in [2.45, 2.75) is 18.9 Å². The van der Waals surface area contributed by atoms with E-state index in [9.17, 15) is 5.11 Å². The minimum atomic E-state index is 0.0168. The van der Waals surface area contributed by atoms with Crippen LogP contribution in [-0.2, 0) is 0 Å². The van der Waals surface area contributed by atoms with Gasteiger partial charge in [-0.15, -0.1) is 5.10 Å². The summed E-state index contributed by atoms with van der Waals surface area (Å²) in [5.74, 6) is 1.03. The van der Waals surface area contributed by atoms with Crippen molar-refractivity contribution < 1.29 is 5.11 Å². The fraction of sp³-hybridized carbons (Fsp3) is 0.333. The third kappa shape index (κ3) is 2.92. The highest BCUT2D eigenvalue weighted by molar-refractivity contribution is 6.33. The molecule has 3 aromatic rings. The second kappa shape index (κ2) is 6.34. The van der Waals surface area contributed by atoms with Crippen LogP contribution in [0.15, 0.2) is 18.2 Å². The number of aliphatic hydroxyl groups excluding tert-OH is 1. The second-order valence-corrected chi connectivity index (χ2v) is 6.31. The van der Waals surface area contributed by atoms with Crippen LogP contribution in [0.5, 0.6) is 0 Å². The van der Waals surface area contributed by atoms with Crippen molar-refractivity contribution in [3.8, 4) is 0 Å². The smallest absolute Gasteiger partial charge is 0.229 e. The molecule has 1 atom stereocenters. The van der Waals surface area contributed by atoms with Crippen molar-refractivity contribution in [3.05, 3.63) is 23.2 Å². The zero-order valence-electron chi connectivity index (χ0n) is 13.3. The topological polar surface area (TPSA) is 129 Å². The van der Waals surface area contributed by atoms with Crippen LogP contribution in [0.3, 0.4) is 0 Å². The Morgan fingerprint density at radius 1 is 1.36 bits per heavy atom. The largest absolute Gasteiger partial charge is 0.398 e. The Morgan fingerprint density at radius 3 is 3.04 bits per heavy atom. The number of fused-ring (bicyclic) bond motifs is 1.